The fourth-order valence-corrected chi connectivity index (χ4v) is 3.32. The first-order chi connectivity index (χ1) is 10.2. The van der Waals surface area contributed by atoms with Gasteiger partial charge in [-0.2, -0.15) is 5.10 Å². The van der Waals surface area contributed by atoms with E-state index in [0.717, 1.165) is 63.4 Å². The number of aromatic nitrogens is 2. The van der Waals surface area contributed by atoms with Gasteiger partial charge < -0.3 is 9.80 Å². The van der Waals surface area contributed by atoms with E-state index in [9.17, 15) is 4.79 Å². The lowest BCUT2D eigenvalue weighted by Gasteiger charge is -2.36. The van der Waals surface area contributed by atoms with Gasteiger partial charge in [-0.1, -0.05) is 0 Å². The van der Waals surface area contributed by atoms with Crippen LogP contribution >= 0.6 is 0 Å². The van der Waals surface area contributed by atoms with E-state index in [1.54, 1.807) is 0 Å². The largest absolute Gasteiger partial charge is 0.354 e. The highest BCUT2D eigenvalue weighted by Crippen LogP contribution is 2.24. The molecule has 2 aliphatic rings. The summed E-state index contributed by atoms with van der Waals surface area (Å²) < 4.78 is 0. The first-order valence-corrected chi connectivity index (χ1v) is 8.08. The Morgan fingerprint density at radius 2 is 1.90 bits per heavy atom. The standard InChI is InChI=1S/C16H24N4O/c1-13-7-8-15(18-17-13)20-11-5-6-14(12-20)16(21)19-9-3-2-4-10-19/h7-8,14H,2-6,9-12H2,1H3. The monoisotopic (exact) mass is 288 g/mol. The Morgan fingerprint density at radius 1 is 1.10 bits per heavy atom. The van der Waals surface area contributed by atoms with E-state index in [1.165, 1.54) is 6.42 Å². The van der Waals surface area contributed by atoms with Crippen LogP contribution in [-0.4, -0.2) is 47.2 Å². The van der Waals surface area contributed by atoms with Gasteiger partial charge in [0.2, 0.25) is 5.91 Å². The van der Waals surface area contributed by atoms with Crippen molar-refractivity contribution in [2.24, 2.45) is 5.92 Å². The van der Waals surface area contributed by atoms with Crippen molar-refractivity contribution in [1.29, 1.82) is 0 Å². The number of carbonyl (C=O) groups excluding carboxylic acids is 1. The van der Waals surface area contributed by atoms with Crippen molar-refractivity contribution in [3.8, 4) is 0 Å². The molecule has 5 nitrogen and oxygen atoms in total. The highest BCUT2D eigenvalue weighted by molar-refractivity contribution is 5.79. The summed E-state index contributed by atoms with van der Waals surface area (Å²) in [4.78, 5) is 16.9. The zero-order valence-electron chi connectivity index (χ0n) is 12.8. The number of rotatable bonds is 2. The third kappa shape index (κ3) is 3.34. The van der Waals surface area contributed by atoms with Gasteiger partial charge in [-0.3, -0.25) is 4.79 Å². The van der Waals surface area contributed by atoms with Crippen LogP contribution in [0.15, 0.2) is 12.1 Å². The lowest BCUT2D eigenvalue weighted by molar-refractivity contribution is -0.136. The lowest BCUT2D eigenvalue weighted by Crippen LogP contribution is -2.46. The average molecular weight is 288 g/mol. The molecule has 3 heterocycles. The maximum absolute atomic E-state index is 12.6. The molecule has 1 unspecified atom stereocenters. The van der Waals surface area contributed by atoms with Crippen molar-refractivity contribution in [3.63, 3.8) is 0 Å². The molecule has 1 aromatic heterocycles. The first-order valence-electron chi connectivity index (χ1n) is 8.08. The van der Waals surface area contributed by atoms with Crippen LogP contribution in [0, 0.1) is 12.8 Å². The molecule has 0 bridgehead atoms. The Bertz CT molecular complexity index is 482. The molecule has 2 aliphatic heterocycles. The minimum atomic E-state index is 0.125. The third-order valence-electron chi connectivity index (χ3n) is 4.55. The Kier molecular flexibility index (Phi) is 4.36. The quantitative estimate of drug-likeness (QED) is 0.835. The van der Waals surface area contributed by atoms with Crippen LogP contribution in [0.2, 0.25) is 0 Å². The molecule has 2 saturated heterocycles. The molecule has 0 aliphatic carbocycles. The number of amides is 1. The van der Waals surface area contributed by atoms with Crippen LogP contribution in [-0.2, 0) is 4.79 Å². The Balaban J connectivity index is 1.64. The maximum Gasteiger partial charge on any atom is 0.227 e. The molecule has 0 spiro atoms. The number of nitrogens with zero attached hydrogens (tertiary/aromatic N) is 4. The summed E-state index contributed by atoms with van der Waals surface area (Å²) in [5, 5.41) is 8.39. The number of hydrogen-bond donors (Lipinski definition) is 0. The van der Waals surface area contributed by atoms with Gasteiger partial charge in [0, 0.05) is 26.2 Å². The zero-order valence-corrected chi connectivity index (χ0v) is 12.8. The van der Waals surface area contributed by atoms with Gasteiger partial charge in [-0.15, -0.1) is 5.10 Å². The van der Waals surface area contributed by atoms with Crippen LogP contribution in [0.5, 0.6) is 0 Å². The zero-order chi connectivity index (χ0) is 14.7. The number of anilines is 1. The SMILES string of the molecule is Cc1ccc(N2CCCC(C(=O)N3CCCCC3)C2)nn1. The molecule has 114 valence electrons. The van der Waals surface area contributed by atoms with E-state index in [2.05, 4.69) is 20.0 Å². The van der Waals surface area contributed by atoms with Gasteiger partial charge in [0.1, 0.15) is 0 Å². The summed E-state index contributed by atoms with van der Waals surface area (Å²) in [5.74, 6) is 1.37. The molecule has 0 saturated carbocycles. The Labute approximate surface area is 126 Å². The van der Waals surface area contributed by atoms with E-state index in [0.29, 0.717) is 5.91 Å². The highest BCUT2D eigenvalue weighted by Gasteiger charge is 2.30. The average Bonchev–Trinajstić information content (AvgIpc) is 2.56. The van der Waals surface area contributed by atoms with E-state index in [1.807, 2.05) is 19.1 Å². The topological polar surface area (TPSA) is 49.3 Å². The minimum Gasteiger partial charge on any atom is -0.354 e. The lowest BCUT2D eigenvalue weighted by atomic mass is 9.95. The number of aryl methyl sites for hydroxylation is 1. The summed E-state index contributed by atoms with van der Waals surface area (Å²) in [6.45, 7) is 5.59. The van der Waals surface area contributed by atoms with Crippen LogP contribution in [0.1, 0.15) is 37.8 Å². The molecule has 1 atom stereocenters. The van der Waals surface area contributed by atoms with E-state index in [-0.39, 0.29) is 5.92 Å². The van der Waals surface area contributed by atoms with Gasteiger partial charge >= 0.3 is 0 Å². The molecular formula is C16H24N4O. The van der Waals surface area contributed by atoms with Crippen molar-refractivity contribution in [2.45, 2.75) is 39.0 Å². The van der Waals surface area contributed by atoms with Crippen molar-refractivity contribution in [3.05, 3.63) is 17.8 Å². The van der Waals surface area contributed by atoms with Crippen LogP contribution < -0.4 is 4.90 Å². The van der Waals surface area contributed by atoms with Gasteiger partial charge in [0.05, 0.1) is 11.6 Å². The smallest absolute Gasteiger partial charge is 0.227 e. The van der Waals surface area contributed by atoms with Crippen molar-refractivity contribution in [1.82, 2.24) is 15.1 Å². The normalized spacial score (nSPS) is 23.2. The summed E-state index contributed by atoms with van der Waals surface area (Å²) in [7, 11) is 0. The van der Waals surface area contributed by atoms with Crippen LogP contribution in [0.3, 0.4) is 0 Å². The molecule has 0 N–H and O–H groups in total. The van der Waals surface area contributed by atoms with E-state index in [4.69, 9.17) is 0 Å². The van der Waals surface area contributed by atoms with Crippen molar-refractivity contribution >= 4 is 11.7 Å². The van der Waals surface area contributed by atoms with Crippen molar-refractivity contribution < 1.29 is 4.79 Å². The Hall–Kier alpha value is -1.65. The van der Waals surface area contributed by atoms with Gasteiger partial charge in [-0.25, -0.2) is 0 Å². The fraction of sp³-hybridized carbons (Fsp3) is 0.688. The number of likely N-dealkylation sites (tertiary alicyclic amines) is 1. The summed E-state index contributed by atoms with van der Waals surface area (Å²) in [6.07, 6.45) is 5.64. The summed E-state index contributed by atoms with van der Waals surface area (Å²) in [5.41, 5.74) is 0.928. The first kappa shape index (κ1) is 14.3. The van der Waals surface area contributed by atoms with Gasteiger partial charge in [-0.05, 0) is 51.2 Å². The van der Waals surface area contributed by atoms with Gasteiger partial charge in [0.15, 0.2) is 5.82 Å². The predicted octanol–water partition coefficient (Wildman–Crippen LogP) is 2.01. The van der Waals surface area contributed by atoms with Crippen molar-refractivity contribution in [2.75, 3.05) is 31.1 Å². The molecule has 21 heavy (non-hydrogen) atoms. The Morgan fingerprint density at radius 3 is 2.62 bits per heavy atom. The molecule has 2 fully saturated rings. The number of hydrogen-bond acceptors (Lipinski definition) is 4. The minimum absolute atomic E-state index is 0.125. The maximum atomic E-state index is 12.6. The second kappa shape index (κ2) is 6.41. The highest BCUT2D eigenvalue weighted by atomic mass is 16.2. The second-order valence-electron chi connectivity index (χ2n) is 6.20. The molecule has 3 rings (SSSR count). The van der Waals surface area contributed by atoms with Gasteiger partial charge in [0.25, 0.3) is 0 Å². The third-order valence-corrected chi connectivity index (χ3v) is 4.55. The molecule has 0 aromatic carbocycles. The molecule has 5 heteroatoms. The summed E-state index contributed by atoms with van der Waals surface area (Å²) in [6, 6.07) is 3.99. The molecule has 1 aromatic rings. The predicted molar refractivity (Wildman–Crippen MR) is 82.1 cm³/mol. The second-order valence-corrected chi connectivity index (χ2v) is 6.20. The van der Waals surface area contributed by atoms with Crippen LogP contribution in [0.4, 0.5) is 5.82 Å². The number of piperidine rings is 2. The molecular weight excluding hydrogens is 264 g/mol. The molecule has 0 radical (unpaired) electrons. The number of carbonyl (C=O) groups is 1. The molecule has 1 amide bonds. The van der Waals surface area contributed by atoms with E-state index < -0.39 is 0 Å². The fourth-order valence-electron chi connectivity index (χ4n) is 3.32. The summed E-state index contributed by atoms with van der Waals surface area (Å²) >= 11 is 0. The van der Waals surface area contributed by atoms with Crippen LogP contribution in [0.25, 0.3) is 0 Å². The van der Waals surface area contributed by atoms with E-state index >= 15 is 0 Å².